The predicted molar refractivity (Wildman–Crippen MR) is 124 cm³/mol. The fraction of sp³-hybridized carbons (Fsp3) is 0.130. The second-order valence-electron chi connectivity index (χ2n) is 7.24. The number of rotatable bonds is 7. The molecule has 3 heterocycles. The molecule has 5 rings (SSSR count). The first-order chi connectivity index (χ1) is 15.3. The molecule has 0 radical (unpaired) electrons. The Morgan fingerprint density at radius 3 is 2.74 bits per heavy atom. The van der Waals surface area contributed by atoms with Gasteiger partial charge in [-0.15, -0.1) is 21.5 Å². The summed E-state index contributed by atoms with van der Waals surface area (Å²) in [5.41, 5.74) is 7.88. The van der Waals surface area contributed by atoms with E-state index in [1.165, 1.54) is 16.7 Å². The number of fused-ring (bicyclic) bond motifs is 1. The molecule has 0 aliphatic heterocycles. The van der Waals surface area contributed by atoms with Gasteiger partial charge in [-0.3, -0.25) is 4.98 Å². The minimum atomic E-state index is 0.558. The number of benzene rings is 2. The third-order valence-electron chi connectivity index (χ3n) is 5.16. The smallest absolute Gasteiger partial charge is 0.188 e. The van der Waals surface area contributed by atoms with Gasteiger partial charge in [-0.25, -0.2) is 0 Å². The summed E-state index contributed by atoms with van der Waals surface area (Å²) < 4.78 is 1.15. The topological polar surface area (TPSA) is 91.4 Å². The van der Waals surface area contributed by atoms with Gasteiger partial charge in [0.25, 0.3) is 0 Å². The van der Waals surface area contributed by atoms with Gasteiger partial charge >= 0.3 is 0 Å². The zero-order valence-corrected chi connectivity index (χ0v) is 17.8. The van der Waals surface area contributed by atoms with Crippen LogP contribution in [0, 0.1) is 6.92 Å². The highest BCUT2D eigenvalue weighted by atomic mass is 32.1. The number of anilines is 2. The molecule has 0 unspecified atom stereocenters. The van der Waals surface area contributed by atoms with Gasteiger partial charge < -0.3 is 10.6 Å². The van der Waals surface area contributed by atoms with Crippen molar-refractivity contribution >= 4 is 32.9 Å². The van der Waals surface area contributed by atoms with Crippen LogP contribution in [0.25, 0.3) is 21.3 Å². The van der Waals surface area contributed by atoms with Crippen LogP contribution < -0.4 is 10.6 Å². The van der Waals surface area contributed by atoms with E-state index in [0.717, 1.165) is 27.2 Å². The van der Waals surface area contributed by atoms with Crippen molar-refractivity contribution in [3.63, 3.8) is 0 Å². The summed E-state index contributed by atoms with van der Waals surface area (Å²) in [5, 5.41) is 22.9. The highest BCUT2D eigenvalue weighted by Crippen LogP contribution is 2.34. The molecule has 0 saturated carbocycles. The van der Waals surface area contributed by atoms with E-state index in [0.29, 0.717) is 18.9 Å². The van der Waals surface area contributed by atoms with Crippen molar-refractivity contribution in [3.05, 3.63) is 83.1 Å². The quantitative estimate of drug-likeness (QED) is 0.345. The maximum atomic E-state index is 4.72. The summed E-state index contributed by atoms with van der Waals surface area (Å²) in [6.45, 7) is 3.40. The number of pyridine rings is 1. The van der Waals surface area contributed by atoms with E-state index in [2.05, 4.69) is 92.1 Å². The number of nitrogens with one attached hydrogen (secondary N) is 3. The largest absolute Gasteiger partial charge is 0.353 e. The van der Waals surface area contributed by atoms with Crippen LogP contribution in [0.1, 0.15) is 17.0 Å². The van der Waals surface area contributed by atoms with Crippen molar-refractivity contribution in [2.75, 3.05) is 5.32 Å². The number of tetrazole rings is 1. The van der Waals surface area contributed by atoms with Crippen molar-refractivity contribution in [2.45, 2.75) is 20.0 Å². The van der Waals surface area contributed by atoms with E-state index < -0.39 is 0 Å². The second-order valence-corrected chi connectivity index (χ2v) is 8.15. The first-order valence-corrected chi connectivity index (χ1v) is 10.9. The van der Waals surface area contributed by atoms with Crippen LogP contribution in [0.4, 0.5) is 11.4 Å². The Bertz CT molecular complexity index is 1300. The van der Waals surface area contributed by atoms with Gasteiger partial charge in [0.15, 0.2) is 5.82 Å². The monoisotopic (exact) mass is 427 g/mol. The van der Waals surface area contributed by atoms with Crippen LogP contribution in [0.5, 0.6) is 0 Å². The SMILES string of the molecule is Cc1c(Nc2csc3cc(CNCc4nn[nH]n4)cnc23)cccc1-c1ccccc1. The van der Waals surface area contributed by atoms with Gasteiger partial charge in [-0.1, -0.05) is 47.7 Å². The molecule has 0 aliphatic rings. The van der Waals surface area contributed by atoms with E-state index in [9.17, 15) is 0 Å². The van der Waals surface area contributed by atoms with Crippen LogP contribution in [0.15, 0.2) is 66.2 Å². The number of hydrogen-bond donors (Lipinski definition) is 3. The average Bonchev–Trinajstić information content (AvgIpc) is 3.46. The Hall–Kier alpha value is -3.62. The number of aromatic amines is 1. The molecule has 0 bridgehead atoms. The number of hydrogen-bond acceptors (Lipinski definition) is 7. The molecule has 0 fully saturated rings. The first-order valence-electron chi connectivity index (χ1n) is 9.99. The van der Waals surface area contributed by atoms with Crippen LogP contribution in [-0.4, -0.2) is 25.6 Å². The van der Waals surface area contributed by atoms with Gasteiger partial charge in [0, 0.05) is 23.8 Å². The summed E-state index contributed by atoms with van der Waals surface area (Å²) in [6, 6.07) is 19.0. The minimum absolute atomic E-state index is 0.558. The Kier molecular flexibility index (Phi) is 5.39. The van der Waals surface area contributed by atoms with Crippen molar-refractivity contribution in [3.8, 4) is 11.1 Å². The lowest BCUT2D eigenvalue weighted by atomic mass is 9.99. The Morgan fingerprint density at radius 1 is 1.00 bits per heavy atom. The third kappa shape index (κ3) is 4.16. The average molecular weight is 428 g/mol. The molecule has 0 atom stereocenters. The van der Waals surface area contributed by atoms with Gasteiger partial charge in [0.1, 0.15) is 5.52 Å². The van der Waals surface area contributed by atoms with Gasteiger partial charge in [-0.2, -0.15) is 5.21 Å². The molecule has 8 heteroatoms. The Morgan fingerprint density at radius 2 is 1.90 bits per heavy atom. The standard InChI is InChI=1S/C23H21N7S/c1-15-18(17-6-3-2-4-7-17)8-5-9-19(15)26-20-14-31-21-10-16(12-25-23(20)21)11-24-13-22-27-29-30-28-22/h2-10,12,14,24,26H,11,13H2,1H3,(H,27,28,29,30). The Labute approximate surface area is 183 Å². The summed E-state index contributed by atoms with van der Waals surface area (Å²) in [6.07, 6.45) is 1.91. The van der Waals surface area contributed by atoms with Gasteiger partial charge in [0.2, 0.25) is 0 Å². The molecule has 3 aromatic heterocycles. The van der Waals surface area contributed by atoms with E-state index in [4.69, 9.17) is 4.98 Å². The zero-order valence-electron chi connectivity index (χ0n) is 17.0. The molecular formula is C23H21N7S. The molecule has 0 aliphatic carbocycles. The highest BCUT2D eigenvalue weighted by molar-refractivity contribution is 7.17. The maximum Gasteiger partial charge on any atom is 0.188 e. The lowest BCUT2D eigenvalue weighted by molar-refractivity contribution is 0.663. The molecule has 2 aromatic carbocycles. The van der Waals surface area contributed by atoms with Crippen LogP contribution >= 0.6 is 11.3 Å². The van der Waals surface area contributed by atoms with E-state index in [1.54, 1.807) is 11.3 Å². The molecule has 154 valence electrons. The molecule has 0 amide bonds. The molecule has 0 spiro atoms. The third-order valence-corrected chi connectivity index (χ3v) is 6.08. The number of thiophene rings is 1. The summed E-state index contributed by atoms with van der Waals surface area (Å²) in [5.74, 6) is 0.643. The normalized spacial score (nSPS) is 11.1. The predicted octanol–water partition coefficient (Wildman–Crippen LogP) is 4.82. The maximum absolute atomic E-state index is 4.72. The lowest BCUT2D eigenvalue weighted by Gasteiger charge is -2.13. The second kappa shape index (κ2) is 8.63. The molecule has 0 saturated heterocycles. The van der Waals surface area contributed by atoms with Gasteiger partial charge in [0.05, 0.1) is 16.9 Å². The molecule has 5 aromatic rings. The number of nitrogens with zero attached hydrogens (tertiary/aromatic N) is 4. The summed E-state index contributed by atoms with van der Waals surface area (Å²) in [7, 11) is 0. The van der Waals surface area contributed by atoms with Crippen LogP contribution in [0.2, 0.25) is 0 Å². The summed E-state index contributed by atoms with van der Waals surface area (Å²) in [4.78, 5) is 4.72. The Balaban J connectivity index is 1.34. The van der Waals surface area contributed by atoms with E-state index in [1.807, 2.05) is 12.3 Å². The van der Waals surface area contributed by atoms with Crippen molar-refractivity contribution < 1.29 is 0 Å². The van der Waals surface area contributed by atoms with Crippen molar-refractivity contribution in [1.82, 2.24) is 30.9 Å². The fourth-order valence-electron chi connectivity index (χ4n) is 3.56. The van der Waals surface area contributed by atoms with Crippen LogP contribution in [-0.2, 0) is 13.1 Å². The van der Waals surface area contributed by atoms with Crippen molar-refractivity contribution in [1.29, 1.82) is 0 Å². The van der Waals surface area contributed by atoms with Gasteiger partial charge in [-0.05, 0) is 41.3 Å². The van der Waals surface area contributed by atoms with Crippen molar-refractivity contribution in [2.24, 2.45) is 0 Å². The lowest BCUT2D eigenvalue weighted by Crippen LogP contribution is -2.13. The fourth-order valence-corrected chi connectivity index (χ4v) is 4.47. The molecule has 31 heavy (non-hydrogen) atoms. The minimum Gasteiger partial charge on any atom is -0.353 e. The highest BCUT2D eigenvalue weighted by Gasteiger charge is 2.11. The molecule has 3 N–H and O–H groups in total. The van der Waals surface area contributed by atoms with Crippen LogP contribution in [0.3, 0.4) is 0 Å². The van der Waals surface area contributed by atoms with E-state index in [-0.39, 0.29) is 0 Å². The van der Waals surface area contributed by atoms with E-state index >= 15 is 0 Å². The zero-order chi connectivity index (χ0) is 21.0. The number of H-pyrrole nitrogens is 1. The molecular weight excluding hydrogens is 406 g/mol. The molecule has 7 nitrogen and oxygen atoms in total. The number of aromatic nitrogens is 5. The summed E-state index contributed by atoms with van der Waals surface area (Å²) >= 11 is 1.69. The first kappa shape index (κ1) is 19.3.